The number of unbranched alkanes of at least 4 members (excludes halogenated alkanes) is 2. The molecule has 1 heterocycles. The third-order valence-electron chi connectivity index (χ3n) is 4.02. The van der Waals surface area contributed by atoms with Crippen molar-refractivity contribution in [1.82, 2.24) is 0 Å². The highest BCUT2D eigenvalue weighted by Gasteiger charge is 2.23. The maximum absolute atomic E-state index is 11.7. The van der Waals surface area contributed by atoms with Crippen molar-refractivity contribution in [2.24, 2.45) is 5.73 Å². The van der Waals surface area contributed by atoms with Gasteiger partial charge in [-0.15, -0.1) is 0 Å². The zero-order chi connectivity index (χ0) is 17.2. The molecule has 24 heavy (non-hydrogen) atoms. The minimum Gasteiger partial charge on any atom is -0.385 e. The maximum Gasteiger partial charge on any atom is 0.319 e. The average Bonchev–Trinajstić information content (AvgIpc) is 3.09. The molecule has 0 unspecified atom stereocenters. The van der Waals surface area contributed by atoms with E-state index in [1.54, 1.807) is 7.11 Å². The van der Waals surface area contributed by atoms with Crippen LogP contribution in [0.5, 0.6) is 0 Å². The molecule has 1 aromatic carbocycles. The quantitative estimate of drug-likeness (QED) is 0.361. The maximum atomic E-state index is 11.7. The summed E-state index contributed by atoms with van der Waals surface area (Å²) in [5.41, 5.74) is 7.70. The molecule has 0 aromatic heterocycles. The lowest BCUT2D eigenvalue weighted by atomic mass is 10.0. The molecule has 0 radical (unpaired) electrons. The van der Waals surface area contributed by atoms with Crippen LogP contribution in [-0.4, -0.2) is 44.7 Å². The van der Waals surface area contributed by atoms with Gasteiger partial charge in [0.05, 0.1) is 18.8 Å². The Balaban J connectivity index is 1.90. The van der Waals surface area contributed by atoms with E-state index in [4.69, 9.17) is 20.0 Å². The summed E-state index contributed by atoms with van der Waals surface area (Å²) < 4.78 is 10.3. The van der Waals surface area contributed by atoms with Gasteiger partial charge in [-0.2, -0.15) is 0 Å². The average molecular weight is 335 g/mol. The molecule has 2 rings (SSSR count). The lowest BCUT2D eigenvalue weighted by Crippen LogP contribution is -2.76. The summed E-state index contributed by atoms with van der Waals surface area (Å²) >= 11 is 0. The number of ether oxygens (including phenoxy) is 2. The second kappa shape index (κ2) is 10.1. The molecule has 0 saturated carbocycles. The van der Waals surface area contributed by atoms with E-state index in [2.05, 4.69) is 5.16 Å². The standard InChI is InChI=1S/C18H26N2O4/c1-22-11-4-2-3-5-14-6-8-15(9-7-14)17(18(19)21)20-24-16-10-12-23-13-16/h6-9,16H,2-5,10-13H2,1H3,(H2,19,21)/p+1/b20-17+/t16-/m1/s1. The van der Waals surface area contributed by atoms with E-state index in [0.717, 1.165) is 44.3 Å². The lowest BCUT2D eigenvalue weighted by Gasteiger charge is -2.04. The van der Waals surface area contributed by atoms with Gasteiger partial charge >= 0.3 is 11.6 Å². The summed E-state index contributed by atoms with van der Waals surface area (Å²) in [6.07, 6.45) is 5.12. The smallest absolute Gasteiger partial charge is 0.319 e. The van der Waals surface area contributed by atoms with Crippen LogP contribution >= 0.6 is 0 Å². The summed E-state index contributed by atoms with van der Waals surface area (Å²) in [5.74, 6) is -0.541. The summed E-state index contributed by atoms with van der Waals surface area (Å²) in [4.78, 5) is 17.2. The van der Waals surface area contributed by atoms with Gasteiger partial charge in [0.25, 0.3) is 0 Å². The fourth-order valence-electron chi connectivity index (χ4n) is 2.59. The number of nitrogens with one attached hydrogen (secondary N) is 1. The first kappa shape index (κ1) is 18.4. The van der Waals surface area contributed by atoms with Crippen molar-refractivity contribution in [3.8, 4) is 0 Å². The molecular weight excluding hydrogens is 308 g/mol. The molecule has 0 aliphatic carbocycles. The number of benzene rings is 1. The van der Waals surface area contributed by atoms with Crippen molar-refractivity contribution >= 4 is 11.6 Å². The van der Waals surface area contributed by atoms with E-state index in [1.165, 1.54) is 5.56 Å². The van der Waals surface area contributed by atoms with Crippen LogP contribution in [0.3, 0.4) is 0 Å². The van der Waals surface area contributed by atoms with Crippen molar-refractivity contribution in [3.05, 3.63) is 35.4 Å². The third kappa shape index (κ3) is 5.94. The first-order chi connectivity index (χ1) is 11.7. The van der Waals surface area contributed by atoms with E-state index in [0.29, 0.717) is 13.2 Å². The fourth-order valence-corrected chi connectivity index (χ4v) is 2.59. The first-order valence-electron chi connectivity index (χ1n) is 8.45. The van der Waals surface area contributed by atoms with Gasteiger partial charge in [-0.1, -0.05) is 18.6 Å². The summed E-state index contributed by atoms with van der Waals surface area (Å²) in [6, 6.07) is 7.84. The van der Waals surface area contributed by atoms with Crippen LogP contribution in [0.25, 0.3) is 0 Å². The summed E-state index contributed by atoms with van der Waals surface area (Å²) in [5, 5.41) is 2.71. The number of hydrogen-bond acceptors (Lipinski definition) is 4. The number of primary amides is 1. The summed E-state index contributed by atoms with van der Waals surface area (Å²) in [7, 11) is 1.73. The van der Waals surface area contributed by atoms with Gasteiger partial charge in [0, 0.05) is 20.1 Å². The van der Waals surface area contributed by atoms with E-state index < -0.39 is 5.91 Å². The van der Waals surface area contributed by atoms with Crippen LogP contribution in [0.2, 0.25) is 0 Å². The highest BCUT2D eigenvalue weighted by atomic mass is 16.7. The molecule has 6 nitrogen and oxygen atoms in total. The Morgan fingerprint density at radius 3 is 2.71 bits per heavy atom. The van der Waals surface area contributed by atoms with Crippen molar-refractivity contribution in [2.45, 2.75) is 38.2 Å². The van der Waals surface area contributed by atoms with E-state index in [-0.39, 0.29) is 11.8 Å². The third-order valence-corrected chi connectivity index (χ3v) is 4.02. The Hall–Kier alpha value is -1.92. The topological polar surface area (TPSA) is 84.8 Å². The highest BCUT2D eigenvalue weighted by molar-refractivity contribution is 6.42. The molecule has 0 spiro atoms. The van der Waals surface area contributed by atoms with Crippen molar-refractivity contribution in [2.75, 3.05) is 26.9 Å². The largest absolute Gasteiger partial charge is 0.385 e. The Labute approximate surface area is 142 Å². The van der Waals surface area contributed by atoms with Crippen molar-refractivity contribution in [1.29, 1.82) is 0 Å². The molecule has 0 bridgehead atoms. The number of carbonyl (C=O) groups is 1. The lowest BCUT2D eigenvalue weighted by molar-refractivity contribution is -0.762. The van der Waals surface area contributed by atoms with E-state index >= 15 is 0 Å². The van der Waals surface area contributed by atoms with Crippen LogP contribution in [0.4, 0.5) is 0 Å². The van der Waals surface area contributed by atoms with Crippen molar-refractivity contribution < 1.29 is 24.3 Å². The van der Waals surface area contributed by atoms with Gasteiger partial charge < -0.3 is 15.2 Å². The monoisotopic (exact) mass is 335 g/mol. The molecule has 1 saturated heterocycles. The highest BCUT2D eigenvalue weighted by Crippen LogP contribution is 2.09. The van der Waals surface area contributed by atoms with Gasteiger partial charge in [-0.25, -0.2) is 0 Å². The minimum atomic E-state index is -0.541. The molecule has 1 aliphatic rings. The zero-order valence-electron chi connectivity index (χ0n) is 14.3. The van der Waals surface area contributed by atoms with Gasteiger partial charge in [0.15, 0.2) is 6.10 Å². The van der Waals surface area contributed by atoms with Crippen LogP contribution in [0.1, 0.15) is 36.8 Å². The predicted octanol–water partition coefficient (Wildman–Crippen LogP) is 0.121. The second-order valence-corrected chi connectivity index (χ2v) is 5.95. The van der Waals surface area contributed by atoms with Gasteiger partial charge in [-0.05, 0) is 42.1 Å². The Kier molecular flexibility index (Phi) is 7.71. The number of aryl methyl sites for hydroxylation is 1. The van der Waals surface area contributed by atoms with Crippen LogP contribution in [-0.2, 0) is 25.5 Å². The first-order valence-corrected chi connectivity index (χ1v) is 8.45. The second-order valence-electron chi connectivity index (χ2n) is 5.95. The number of nitrogens with two attached hydrogens (primary N) is 1. The normalized spacial score (nSPS) is 17.9. The molecule has 3 N–H and O–H groups in total. The number of methoxy groups -OCH3 is 1. The fraction of sp³-hybridized carbons (Fsp3) is 0.556. The Morgan fingerprint density at radius 1 is 1.29 bits per heavy atom. The summed E-state index contributed by atoms with van der Waals surface area (Å²) in [6.45, 7) is 2.02. The zero-order valence-corrected chi connectivity index (χ0v) is 14.3. The minimum absolute atomic E-state index is 0.0503. The molecule has 6 heteroatoms. The number of hydrogen-bond donors (Lipinski definition) is 2. The van der Waals surface area contributed by atoms with Gasteiger partial charge in [0.1, 0.15) is 0 Å². The molecule has 1 aromatic rings. The van der Waals surface area contributed by atoms with Gasteiger partial charge in [0.2, 0.25) is 0 Å². The van der Waals surface area contributed by atoms with E-state index in [9.17, 15) is 4.79 Å². The molecule has 1 amide bonds. The Morgan fingerprint density at radius 2 is 2.08 bits per heavy atom. The predicted molar refractivity (Wildman–Crippen MR) is 90.4 cm³/mol. The number of amides is 1. The van der Waals surface area contributed by atoms with Gasteiger partial charge in [-0.3, -0.25) is 9.63 Å². The van der Waals surface area contributed by atoms with Crippen molar-refractivity contribution in [3.63, 3.8) is 0 Å². The van der Waals surface area contributed by atoms with Crippen LogP contribution in [0, 0.1) is 0 Å². The van der Waals surface area contributed by atoms with Crippen LogP contribution in [0.15, 0.2) is 24.3 Å². The SMILES string of the molecule is COCCCCCc1ccc(/C(=[NH+]\O[C@@H]2CCOC2)C(N)=O)cc1. The molecule has 1 fully saturated rings. The number of carbonyl (C=O) groups excluding carboxylic acids is 1. The molecular formula is C18H27N2O4+. The van der Waals surface area contributed by atoms with E-state index in [1.807, 2.05) is 24.3 Å². The molecule has 1 aliphatic heterocycles. The Bertz CT molecular complexity index is 536. The molecule has 132 valence electrons. The number of rotatable bonds is 10. The van der Waals surface area contributed by atoms with Crippen LogP contribution < -0.4 is 10.9 Å². The molecule has 1 atom stereocenters.